The molecule has 274 valence electrons. The first-order valence-corrected chi connectivity index (χ1v) is 15.2. The van der Waals surface area contributed by atoms with Crippen molar-refractivity contribution in [3.05, 3.63) is 0 Å². The van der Waals surface area contributed by atoms with Gasteiger partial charge in [0, 0.05) is 12.1 Å². The highest BCUT2D eigenvalue weighted by molar-refractivity contribution is 5.90. The molecule has 3 heterocycles. The standard InChI is InChI=1S/C24H48N14O10/c1-37(2)20-31-18(33-22(34-20)43-13(16(41)46-27)9-14(39)44-25)29-11-7-5-6-8-12(11)30-19-32-21(38(3)4)36-24(35-19)23(48-24,17(42)47-28)10-15(40)45-26/h11-13,18-22,29-36H,5-10,25-28H2,1-4H3. The van der Waals surface area contributed by atoms with Gasteiger partial charge in [-0.05, 0) is 41.0 Å². The van der Waals surface area contributed by atoms with Gasteiger partial charge in [-0.2, -0.15) is 23.6 Å². The first-order valence-electron chi connectivity index (χ1n) is 15.2. The topological polar surface area (TPSA) is 334 Å². The second-order valence-electron chi connectivity index (χ2n) is 12.2. The Balaban J connectivity index is 1.48. The molecule has 1 saturated carbocycles. The zero-order valence-corrected chi connectivity index (χ0v) is 27.1. The Kier molecular flexibility index (Phi) is 12.9. The van der Waals surface area contributed by atoms with Crippen molar-refractivity contribution in [1.82, 2.24) is 52.3 Å². The normalized spacial score (nSPS) is 35.6. The van der Waals surface area contributed by atoms with Crippen molar-refractivity contribution in [2.24, 2.45) is 23.6 Å². The van der Waals surface area contributed by atoms with E-state index >= 15 is 0 Å². The van der Waals surface area contributed by atoms with Gasteiger partial charge in [-0.1, -0.05) is 12.8 Å². The molecule has 1 aliphatic carbocycles. The maximum absolute atomic E-state index is 12.8. The summed E-state index contributed by atoms with van der Waals surface area (Å²) in [5, 5.41) is 26.5. The van der Waals surface area contributed by atoms with Crippen LogP contribution in [0.15, 0.2) is 0 Å². The van der Waals surface area contributed by atoms with Crippen LogP contribution >= 0.6 is 0 Å². The van der Waals surface area contributed by atoms with E-state index in [0.29, 0.717) is 0 Å². The number of rotatable bonds is 14. The summed E-state index contributed by atoms with van der Waals surface area (Å²) in [5.74, 6) is 14.9. The third-order valence-corrected chi connectivity index (χ3v) is 8.50. The van der Waals surface area contributed by atoms with Crippen LogP contribution in [0.1, 0.15) is 38.5 Å². The van der Waals surface area contributed by atoms with Crippen molar-refractivity contribution in [3.63, 3.8) is 0 Å². The van der Waals surface area contributed by atoms with Gasteiger partial charge in [0.05, 0.1) is 12.8 Å². The van der Waals surface area contributed by atoms with Crippen molar-refractivity contribution >= 4 is 23.9 Å². The van der Waals surface area contributed by atoms with Crippen LogP contribution < -0.4 is 66.1 Å². The molecule has 0 amide bonds. The summed E-state index contributed by atoms with van der Waals surface area (Å²) in [4.78, 5) is 69.9. The molecule has 1 spiro atoms. The first-order chi connectivity index (χ1) is 22.8. The summed E-state index contributed by atoms with van der Waals surface area (Å²) in [6, 6.07) is -0.263. The van der Waals surface area contributed by atoms with Gasteiger partial charge in [-0.15, -0.1) is 0 Å². The third-order valence-electron chi connectivity index (χ3n) is 8.50. The molecule has 4 fully saturated rings. The number of epoxide rings is 1. The summed E-state index contributed by atoms with van der Waals surface area (Å²) in [6.45, 7) is 0. The fraction of sp³-hybridized carbons (Fsp3) is 0.833. The number of carbonyl (C=O) groups is 4. The lowest BCUT2D eigenvalue weighted by molar-refractivity contribution is -0.176. The lowest BCUT2D eigenvalue weighted by Crippen LogP contribution is -2.80. The minimum Gasteiger partial charge on any atom is -0.373 e. The molecule has 10 unspecified atom stereocenters. The summed E-state index contributed by atoms with van der Waals surface area (Å²) < 4.78 is 11.7. The highest BCUT2D eigenvalue weighted by Crippen LogP contribution is 2.49. The lowest BCUT2D eigenvalue weighted by atomic mass is 9.90. The Morgan fingerprint density at radius 3 is 1.96 bits per heavy atom. The molecule has 3 saturated heterocycles. The van der Waals surface area contributed by atoms with E-state index in [1.807, 2.05) is 19.0 Å². The van der Waals surface area contributed by atoms with Crippen LogP contribution in [0.2, 0.25) is 0 Å². The smallest absolute Gasteiger partial charge is 0.363 e. The van der Waals surface area contributed by atoms with E-state index in [9.17, 15) is 19.2 Å². The minimum absolute atomic E-state index is 0.124. The molecular formula is C24H48N14O10. The maximum atomic E-state index is 12.8. The van der Waals surface area contributed by atoms with Gasteiger partial charge in [0.25, 0.3) is 0 Å². The molecule has 4 rings (SSSR count). The molecule has 0 radical (unpaired) electrons. The van der Waals surface area contributed by atoms with E-state index in [1.165, 1.54) is 0 Å². The molecule has 0 aromatic rings. The number of carbonyl (C=O) groups excluding carboxylic acids is 4. The predicted octanol–water partition coefficient (Wildman–Crippen LogP) is -7.16. The second-order valence-corrected chi connectivity index (χ2v) is 12.2. The van der Waals surface area contributed by atoms with E-state index in [0.717, 1.165) is 25.7 Å². The molecule has 3 aliphatic heterocycles. The van der Waals surface area contributed by atoms with E-state index in [1.54, 1.807) is 19.0 Å². The third kappa shape index (κ3) is 8.69. The van der Waals surface area contributed by atoms with Crippen LogP contribution in [0.4, 0.5) is 0 Å². The second kappa shape index (κ2) is 16.3. The van der Waals surface area contributed by atoms with Gasteiger partial charge < -0.3 is 28.8 Å². The molecule has 4 aliphatic rings. The zero-order chi connectivity index (χ0) is 35.2. The van der Waals surface area contributed by atoms with Crippen molar-refractivity contribution < 1.29 is 48.0 Å². The Bertz CT molecular complexity index is 1160. The summed E-state index contributed by atoms with van der Waals surface area (Å²) in [6.07, 6.45) is -2.27. The van der Waals surface area contributed by atoms with Crippen molar-refractivity contribution in [2.75, 3.05) is 28.2 Å². The average molecular weight is 693 g/mol. The Morgan fingerprint density at radius 2 is 1.40 bits per heavy atom. The molecular weight excluding hydrogens is 644 g/mol. The van der Waals surface area contributed by atoms with Crippen LogP contribution in [0, 0.1) is 0 Å². The van der Waals surface area contributed by atoms with Gasteiger partial charge in [0.15, 0.2) is 12.5 Å². The van der Waals surface area contributed by atoms with Crippen molar-refractivity contribution in [2.45, 2.75) is 99.7 Å². The number of hydrogen-bond donors (Lipinski definition) is 12. The largest absolute Gasteiger partial charge is 0.373 e. The molecule has 10 atom stereocenters. The maximum Gasteiger partial charge on any atom is 0.363 e. The molecule has 0 aromatic heterocycles. The Hall–Kier alpha value is -2.76. The van der Waals surface area contributed by atoms with Crippen LogP contribution in [0.3, 0.4) is 0 Å². The SMILES string of the molecule is CN(C)C1NC(NC2CCCCC2NC2NC(N(C)C)NC3(N2)OC3(CC(=O)ON)C(=O)ON)NC(OC(CC(=O)ON)C(=O)ON)N1. The van der Waals surface area contributed by atoms with Crippen molar-refractivity contribution in [3.8, 4) is 0 Å². The van der Waals surface area contributed by atoms with E-state index in [4.69, 9.17) is 33.1 Å². The van der Waals surface area contributed by atoms with Gasteiger partial charge in [0.2, 0.25) is 11.4 Å². The van der Waals surface area contributed by atoms with Crippen LogP contribution in [-0.4, -0.2) is 123 Å². The summed E-state index contributed by atoms with van der Waals surface area (Å²) >= 11 is 0. The van der Waals surface area contributed by atoms with Gasteiger partial charge in [-0.25, -0.2) is 20.2 Å². The summed E-state index contributed by atoms with van der Waals surface area (Å²) in [5.41, 5.74) is -1.85. The monoisotopic (exact) mass is 692 g/mol. The Labute approximate surface area is 276 Å². The Morgan fingerprint density at radius 1 is 0.792 bits per heavy atom. The van der Waals surface area contributed by atoms with E-state index in [2.05, 4.69) is 61.9 Å². The van der Waals surface area contributed by atoms with E-state index < -0.39 is 85.8 Å². The van der Waals surface area contributed by atoms with E-state index in [-0.39, 0.29) is 12.1 Å². The van der Waals surface area contributed by atoms with Crippen LogP contribution in [0.25, 0.3) is 0 Å². The first kappa shape index (κ1) is 38.0. The molecule has 24 nitrogen and oxygen atoms in total. The van der Waals surface area contributed by atoms with Crippen LogP contribution in [-0.2, 0) is 48.0 Å². The fourth-order valence-electron chi connectivity index (χ4n) is 5.99. The van der Waals surface area contributed by atoms with Crippen molar-refractivity contribution in [1.29, 1.82) is 0 Å². The number of ether oxygens (including phenoxy) is 2. The number of nitrogens with one attached hydrogen (secondary N) is 8. The molecule has 48 heavy (non-hydrogen) atoms. The fourth-order valence-corrected chi connectivity index (χ4v) is 5.99. The highest BCUT2D eigenvalue weighted by atomic mass is 16.7. The highest BCUT2D eigenvalue weighted by Gasteiger charge is 2.79. The predicted molar refractivity (Wildman–Crippen MR) is 159 cm³/mol. The quantitative estimate of drug-likeness (QED) is 0.0594. The number of hydrogen-bond acceptors (Lipinski definition) is 24. The van der Waals surface area contributed by atoms with Gasteiger partial charge in [0.1, 0.15) is 25.2 Å². The molecule has 0 aromatic carbocycles. The number of nitrogens with zero attached hydrogens (tertiary/aromatic N) is 2. The molecule has 24 heteroatoms. The minimum atomic E-state index is -1.85. The molecule has 16 N–H and O–H groups in total. The van der Waals surface area contributed by atoms with Gasteiger partial charge in [-0.3, -0.25) is 51.3 Å². The zero-order valence-electron chi connectivity index (χ0n) is 27.1. The number of nitrogens with two attached hydrogens (primary N) is 4. The van der Waals surface area contributed by atoms with Crippen LogP contribution in [0.5, 0.6) is 0 Å². The average Bonchev–Trinajstić information content (AvgIpc) is 3.67. The molecule has 0 bridgehead atoms. The van der Waals surface area contributed by atoms with Gasteiger partial charge >= 0.3 is 23.9 Å². The summed E-state index contributed by atoms with van der Waals surface area (Å²) in [7, 11) is 7.25. The lowest BCUT2D eigenvalue weighted by Gasteiger charge is -2.46.